The summed E-state index contributed by atoms with van der Waals surface area (Å²) in [6.45, 7) is 0. The Bertz CT molecular complexity index is 965. The van der Waals surface area contributed by atoms with Crippen LogP contribution in [-0.2, 0) is 7.05 Å². The zero-order chi connectivity index (χ0) is 15.8. The molecule has 0 spiro atoms. The van der Waals surface area contributed by atoms with Crippen molar-refractivity contribution in [1.29, 1.82) is 0 Å². The number of fused-ring (bicyclic) bond motifs is 1. The predicted molar refractivity (Wildman–Crippen MR) is 88.5 cm³/mol. The number of aryl methyl sites for hydroxylation is 1. The molecule has 0 fully saturated rings. The number of rotatable bonds is 3. The summed E-state index contributed by atoms with van der Waals surface area (Å²) in [5.41, 5.74) is 1.87. The number of nitrogens with one attached hydrogen (secondary N) is 1. The first kappa shape index (κ1) is 13.7. The zero-order valence-electron chi connectivity index (χ0n) is 12.2. The molecule has 1 N–H and O–H groups in total. The first-order valence-corrected chi connectivity index (χ1v) is 7.82. The van der Waals surface area contributed by atoms with Crippen molar-refractivity contribution in [2.24, 2.45) is 7.05 Å². The van der Waals surface area contributed by atoms with Gasteiger partial charge in [0.1, 0.15) is 11.3 Å². The Hall–Kier alpha value is -2.93. The Labute approximate surface area is 135 Å². The maximum atomic E-state index is 12.1. The lowest BCUT2D eigenvalue weighted by atomic mass is 10.2. The summed E-state index contributed by atoms with van der Waals surface area (Å²) >= 11 is 1.35. The molecule has 6 nitrogen and oxygen atoms in total. The van der Waals surface area contributed by atoms with Gasteiger partial charge < -0.3 is 4.42 Å². The van der Waals surface area contributed by atoms with Gasteiger partial charge in [0.25, 0.3) is 5.91 Å². The summed E-state index contributed by atoms with van der Waals surface area (Å²) in [6, 6.07) is 11.4. The third kappa shape index (κ3) is 2.62. The Morgan fingerprint density at radius 3 is 2.96 bits per heavy atom. The first-order valence-electron chi connectivity index (χ1n) is 6.94. The van der Waals surface area contributed by atoms with Crippen molar-refractivity contribution in [3.8, 4) is 11.5 Å². The van der Waals surface area contributed by atoms with Gasteiger partial charge in [0.05, 0.1) is 0 Å². The number of thiazole rings is 1. The van der Waals surface area contributed by atoms with Gasteiger partial charge in [-0.25, -0.2) is 4.98 Å². The molecule has 4 rings (SSSR count). The number of hydrogen-bond donors (Lipinski definition) is 1. The second-order valence-electron chi connectivity index (χ2n) is 5.02. The number of benzene rings is 1. The largest absolute Gasteiger partial charge is 0.454 e. The zero-order valence-corrected chi connectivity index (χ0v) is 13.0. The van der Waals surface area contributed by atoms with Crippen LogP contribution in [0.3, 0.4) is 0 Å². The highest BCUT2D eigenvalue weighted by molar-refractivity contribution is 7.14. The third-order valence-corrected chi connectivity index (χ3v) is 4.11. The van der Waals surface area contributed by atoms with Gasteiger partial charge in [-0.2, -0.15) is 5.10 Å². The average Bonchev–Trinajstić information content (AvgIpc) is 3.25. The van der Waals surface area contributed by atoms with E-state index in [1.54, 1.807) is 24.0 Å². The Morgan fingerprint density at radius 2 is 2.17 bits per heavy atom. The minimum atomic E-state index is -0.281. The topological polar surface area (TPSA) is 73.0 Å². The minimum absolute atomic E-state index is 0.281. The molecule has 23 heavy (non-hydrogen) atoms. The maximum Gasteiger partial charge on any atom is 0.277 e. The van der Waals surface area contributed by atoms with Crippen LogP contribution in [0, 0.1) is 0 Å². The molecule has 0 atom stereocenters. The van der Waals surface area contributed by atoms with E-state index < -0.39 is 0 Å². The van der Waals surface area contributed by atoms with E-state index in [1.807, 2.05) is 35.7 Å². The monoisotopic (exact) mass is 324 g/mol. The van der Waals surface area contributed by atoms with Crippen molar-refractivity contribution in [3.63, 3.8) is 0 Å². The van der Waals surface area contributed by atoms with Gasteiger partial charge >= 0.3 is 0 Å². The summed E-state index contributed by atoms with van der Waals surface area (Å²) in [6.07, 6.45) is 1.72. The molecule has 4 aromatic rings. The highest BCUT2D eigenvalue weighted by Crippen LogP contribution is 2.30. The molecule has 0 aliphatic carbocycles. The van der Waals surface area contributed by atoms with Crippen LogP contribution in [-0.4, -0.2) is 20.7 Å². The van der Waals surface area contributed by atoms with Crippen LogP contribution in [0.2, 0.25) is 0 Å². The van der Waals surface area contributed by atoms with Crippen molar-refractivity contribution < 1.29 is 9.21 Å². The van der Waals surface area contributed by atoms with E-state index in [4.69, 9.17) is 4.42 Å². The minimum Gasteiger partial charge on any atom is -0.454 e. The number of furan rings is 1. The molecule has 0 saturated heterocycles. The summed E-state index contributed by atoms with van der Waals surface area (Å²) in [7, 11) is 1.76. The van der Waals surface area contributed by atoms with Crippen LogP contribution < -0.4 is 5.32 Å². The molecule has 1 amide bonds. The number of aromatic nitrogens is 3. The van der Waals surface area contributed by atoms with Crippen molar-refractivity contribution in [1.82, 2.24) is 14.8 Å². The lowest BCUT2D eigenvalue weighted by Gasteiger charge is -1.97. The van der Waals surface area contributed by atoms with Crippen LogP contribution in [0.5, 0.6) is 0 Å². The standard InChI is InChI=1S/C16H12N4O2S/c1-20-7-6-11(19-20)15(21)18-16-17-12(9-23-16)14-8-10-4-2-3-5-13(10)22-14/h2-9H,1H3,(H,17,18,21). The molecular weight excluding hydrogens is 312 g/mol. The number of nitrogens with zero attached hydrogens (tertiary/aromatic N) is 3. The number of para-hydroxylation sites is 1. The van der Waals surface area contributed by atoms with E-state index in [9.17, 15) is 4.79 Å². The fraction of sp³-hybridized carbons (Fsp3) is 0.0625. The molecule has 0 saturated carbocycles. The van der Waals surface area contributed by atoms with Gasteiger partial charge in [0.2, 0.25) is 0 Å². The summed E-state index contributed by atoms with van der Waals surface area (Å²) in [5.74, 6) is 0.400. The highest BCUT2D eigenvalue weighted by Gasteiger charge is 2.14. The van der Waals surface area contributed by atoms with Crippen molar-refractivity contribution in [2.75, 3.05) is 5.32 Å². The van der Waals surface area contributed by atoms with Crippen molar-refractivity contribution in [2.45, 2.75) is 0 Å². The smallest absolute Gasteiger partial charge is 0.277 e. The summed E-state index contributed by atoms with van der Waals surface area (Å²) in [5, 5.41) is 10.2. The third-order valence-electron chi connectivity index (χ3n) is 3.35. The molecular formula is C16H12N4O2S. The average molecular weight is 324 g/mol. The number of anilines is 1. The van der Waals surface area contributed by atoms with E-state index in [0.717, 1.165) is 11.0 Å². The van der Waals surface area contributed by atoms with Crippen LogP contribution in [0.4, 0.5) is 5.13 Å². The van der Waals surface area contributed by atoms with Crippen molar-refractivity contribution >= 4 is 33.3 Å². The Balaban J connectivity index is 1.57. The van der Waals surface area contributed by atoms with Gasteiger partial charge in [-0.3, -0.25) is 14.8 Å². The maximum absolute atomic E-state index is 12.1. The van der Waals surface area contributed by atoms with Crippen LogP contribution in [0.15, 0.2) is 52.4 Å². The van der Waals surface area contributed by atoms with E-state index in [1.165, 1.54) is 11.3 Å². The summed E-state index contributed by atoms with van der Waals surface area (Å²) in [4.78, 5) is 16.5. The molecule has 0 unspecified atom stereocenters. The second kappa shape index (κ2) is 5.36. The van der Waals surface area contributed by atoms with Gasteiger partial charge in [-0.1, -0.05) is 18.2 Å². The molecule has 7 heteroatoms. The van der Waals surface area contributed by atoms with Gasteiger partial charge in [-0.15, -0.1) is 11.3 Å². The highest BCUT2D eigenvalue weighted by atomic mass is 32.1. The van der Waals surface area contributed by atoms with Gasteiger partial charge in [0, 0.05) is 24.0 Å². The normalized spacial score (nSPS) is 11.0. The van der Waals surface area contributed by atoms with E-state index >= 15 is 0 Å². The lowest BCUT2D eigenvalue weighted by molar-refractivity contribution is 0.102. The van der Waals surface area contributed by atoms with Gasteiger partial charge in [-0.05, 0) is 18.2 Å². The molecule has 3 heterocycles. The van der Waals surface area contributed by atoms with E-state index in [2.05, 4.69) is 15.4 Å². The summed E-state index contributed by atoms with van der Waals surface area (Å²) < 4.78 is 7.36. The molecule has 0 aliphatic heterocycles. The Kier molecular flexibility index (Phi) is 3.20. The van der Waals surface area contributed by atoms with E-state index in [-0.39, 0.29) is 5.91 Å². The van der Waals surface area contributed by atoms with Crippen LogP contribution >= 0.6 is 11.3 Å². The lowest BCUT2D eigenvalue weighted by Crippen LogP contribution is -2.12. The second-order valence-corrected chi connectivity index (χ2v) is 5.87. The fourth-order valence-electron chi connectivity index (χ4n) is 2.25. The molecule has 0 bridgehead atoms. The quantitative estimate of drug-likeness (QED) is 0.625. The number of hydrogen-bond acceptors (Lipinski definition) is 5. The van der Waals surface area contributed by atoms with Gasteiger partial charge in [0.15, 0.2) is 16.6 Å². The Morgan fingerprint density at radius 1 is 1.30 bits per heavy atom. The number of carbonyl (C=O) groups is 1. The number of carbonyl (C=O) groups excluding carboxylic acids is 1. The van der Waals surface area contributed by atoms with Crippen LogP contribution in [0.25, 0.3) is 22.4 Å². The predicted octanol–water partition coefficient (Wildman–Crippen LogP) is 3.54. The molecule has 0 aliphatic rings. The van der Waals surface area contributed by atoms with E-state index in [0.29, 0.717) is 22.3 Å². The SMILES string of the molecule is Cn1ccc(C(=O)Nc2nc(-c3cc4ccccc4o3)cs2)n1. The molecule has 0 radical (unpaired) electrons. The molecule has 1 aromatic carbocycles. The molecule has 3 aromatic heterocycles. The number of amides is 1. The molecule has 114 valence electrons. The fourth-order valence-corrected chi connectivity index (χ4v) is 2.94. The van der Waals surface area contributed by atoms with Crippen molar-refractivity contribution in [3.05, 3.63) is 53.7 Å². The van der Waals surface area contributed by atoms with Crippen LogP contribution in [0.1, 0.15) is 10.5 Å². The first-order chi connectivity index (χ1) is 11.2.